The van der Waals surface area contributed by atoms with E-state index in [-0.39, 0.29) is 6.10 Å². The third-order valence-electron chi connectivity index (χ3n) is 2.33. The Hall–Kier alpha value is -0.0800. The first-order valence-corrected chi connectivity index (χ1v) is 3.28. The van der Waals surface area contributed by atoms with Crippen LogP contribution in [-0.4, -0.2) is 23.8 Å². The first-order valence-electron chi connectivity index (χ1n) is 3.28. The average Bonchev–Trinajstić information content (AvgIpc) is 1.62. The summed E-state index contributed by atoms with van der Waals surface area (Å²) >= 11 is 0. The van der Waals surface area contributed by atoms with Crippen molar-refractivity contribution in [2.45, 2.75) is 25.0 Å². The third-order valence-corrected chi connectivity index (χ3v) is 2.33. The maximum absolute atomic E-state index is 9.15. The summed E-state index contributed by atoms with van der Waals surface area (Å²) < 4.78 is 0. The van der Waals surface area contributed by atoms with Crippen LogP contribution >= 0.6 is 0 Å². The number of hydrogen-bond donors (Lipinski definition) is 2. The van der Waals surface area contributed by atoms with E-state index in [1.165, 1.54) is 12.8 Å². The highest BCUT2D eigenvalue weighted by atomic mass is 16.3. The molecule has 2 saturated heterocycles. The van der Waals surface area contributed by atoms with Crippen LogP contribution in [0, 0.1) is 5.92 Å². The topological polar surface area (TPSA) is 32.3 Å². The molecule has 0 amide bonds. The monoisotopic (exact) mass is 113 g/mol. The number of nitrogens with one attached hydrogen (secondary N) is 1. The molecule has 2 aliphatic heterocycles. The lowest BCUT2D eigenvalue weighted by atomic mass is 9.73. The molecule has 2 bridgehead atoms. The molecule has 0 radical (unpaired) electrons. The molecule has 3 aliphatic rings. The standard InChI is InChI=1S/C6H11NO/c8-6-3-7-5-1-4(6)2-5/h4-8H,1-3H2. The van der Waals surface area contributed by atoms with E-state index in [1.807, 2.05) is 0 Å². The molecule has 46 valence electrons. The molecule has 2 heteroatoms. The third kappa shape index (κ3) is 0.501. The Labute approximate surface area is 48.9 Å². The highest BCUT2D eigenvalue weighted by molar-refractivity contribution is 4.95. The number of aliphatic hydroxyl groups is 1. The Kier molecular flexibility index (Phi) is 0.866. The van der Waals surface area contributed by atoms with Gasteiger partial charge in [0.05, 0.1) is 6.10 Å². The van der Waals surface area contributed by atoms with Gasteiger partial charge in [0.15, 0.2) is 0 Å². The van der Waals surface area contributed by atoms with Crippen molar-refractivity contribution in [2.75, 3.05) is 6.54 Å². The lowest BCUT2D eigenvalue weighted by Crippen LogP contribution is -2.56. The lowest BCUT2D eigenvalue weighted by molar-refractivity contribution is -0.00112. The van der Waals surface area contributed by atoms with Gasteiger partial charge < -0.3 is 10.4 Å². The largest absolute Gasteiger partial charge is 0.392 e. The SMILES string of the molecule is OC1CNC2CC1C2. The van der Waals surface area contributed by atoms with Crippen molar-refractivity contribution in [3.8, 4) is 0 Å². The summed E-state index contributed by atoms with van der Waals surface area (Å²) in [6.07, 6.45) is 2.38. The van der Waals surface area contributed by atoms with E-state index in [9.17, 15) is 0 Å². The lowest BCUT2D eigenvalue weighted by Gasteiger charge is -2.44. The molecular formula is C6H11NO. The van der Waals surface area contributed by atoms with Crippen LogP contribution in [0.2, 0.25) is 0 Å². The van der Waals surface area contributed by atoms with Crippen LogP contribution in [0.4, 0.5) is 0 Å². The molecular weight excluding hydrogens is 102 g/mol. The van der Waals surface area contributed by atoms with Crippen LogP contribution in [0.5, 0.6) is 0 Å². The Morgan fingerprint density at radius 3 is 2.38 bits per heavy atom. The summed E-state index contributed by atoms with van der Waals surface area (Å²) in [5, 5.41) is 12.4. The number of hydrogen-bond acceptors (Lipinski definition) is 2. The fraction of sp³-hybridized carbons (Fsp3) is 1.00. The number of aliphatic hydroxyl groups excluding tert-OH is 1. The van der Waals surface area contributed by atoms with Crippen LogP contribution in [0.3, 0.4) is 0 Å². The smallest absolute Gasteiger partial charge is 0.0693 e. The number of piperidine rings is 2. The van der Waals surface area contributed by atoms with E-state index in [2.05, 4.69) is 5.32 Å². The van der Waals surface area contributed by atoms with E-state index in [0.717, 1.165) is 12.6 Å². The van der Waals surface area contributed by atoms with Crippen molar-refractivity contribution < 1.29 is 5.11 Å². The molecule has 0 aromatic heterocycles. The van der Waals surface area contributed by atoms with Gasteiger partial charge in [0.2, 0.25) is 0 Å². The highest BCUT2D eigenvalue weighted by Crippen LogP contribution is 2.33. The fourth-order valence-electron chi connectivity index (χ4n) is 1.60. The van der Waals surface area contributed by atoms with Crippen LogP contribution in [-0.2, 0) is 0 Å². The zero-order chi connectivity index (χ0) is 5.56. The average molecular weight is 113 g/mol. The van der Waals surface area contributed by atoms with Crippen molar-refractivity contribution in [3.63, 3.8) is 0 Å². The molecule has 1 saturated carbocycles. The van der Waals surface area contributed by atoms with Gasteiger partial charge in [0.25, 0.3) is 0 Å². The van der Waals surface area contributed by atoms with Gasteiger partial charge in [-0.1, -0.05) is 0 Å². The molecule has 3 rings (SSSR count). The normalized spacial score (nSPS) is 52.9. The second-order valence-electron chi connectivity index (χ2n) is 2.90. The molecule has 0 spiro atoms. The van der Waals surface area contributed by atoms with E-state index in [0.29, 0.717) is 5.92 Å². The van der Waals surface area contributed by atoms with Crippen molar-refractivity contribution in [2.24, 2.45) is 5.92 Å². The van der Waals surface area contributed by atoms with Crippen LogP contribution in [0.1, 0.15) is 12.8 Å². The van der Waals surface area contributed by atoms with E-state index >= 15 is 0 Å². The van der Waals surface area contributed by atoms with E-state index in [1.54, 1.807) is 0 Å². The summed E-state index contributed by atoms with van der Waals surface area (Å²) in [7, 11) is 0. The number of fused-ring (bicyclic) bond motifs is 2. The molecule has 1 unspecified atom stereocenters. The second-order valence-corrected chi connectivity index (χ2v) is 2.90. The molecule has 0 aromatic carbocycles. The molecule has 2 N–H and O–H groups in total. The predicted molar refractivity (Wildman–Crippen MR) is 30.5 cm³/mol. The first kappa shape index (κ1) is 4.77. The molecule has 2 nitrogen and oxygen atoms in total. The van der Waals surface area contributed by atoms with E-state index in [4.69, 9.17) is 5.11 Å². The minimum Gasteiger partial charge on any atom is -0.392 e. The van der Waals surface area contributed by atoms with Gasteiger partial charge in [0.1, 0.15) is 0 Å². The van der Waals surface area contributed by atoms with Crippen molar-refractivity contribution >= 4 is 0 Å². The summed E-state index contributed by atoms with van der Waals surface area (Å²) in [6, 6.07) is 0.753. The Morgan fingerprint density at radius 1 is 1.38 bits per heavy atom. The van der Waals surface area contributed by atoms with Gasteiger partial charge in [-0.25, -0.2) is 0 Å². The molecule has 8 heavy (non-hydrogen) atoms. The van der Waals surface area contributed by atoms with Crippen molar-refractivity contribution in [1.29, 1.82) is 0 Å². The Bertz CT molecular complexity index is 93.2. The summed E-state index contributed by atoms with van der Waals surface area (Å²) in [5.74, 6) is 0.640. The fourth-order valence-corrected chi connectivity index (χ4v) is 1.60. The summed E-state index contributed by atoms with van der Waals surface area (Å²) in [6.45, 7) is 0.829. The van der Waals surface area contributed by atoms with Gasteiger partial charge >= 0.3 is 0 Å². The molecule has 3 fully saturated rings. The Morgan fingerprint density at radius 2 is 2.12 bits per heavy atom. The Balaban J connectivity index is 2.01. The van der Waals surface area contributed by atoms with Crippen LogP contribution in [0.25, 0.3) is 0 Å². The first-order chi connectivity index (χ1) is 3.86. The maximum Gasteiger partial charge on any atom is 0.0693 e. The zero-order valence-corrected chi connectivity index (χ0v) is 4.80. The minimum absolute atomic E-state index is 0.0417. The highest BCUT2D eigenvalue weighted by Gasteiger charge is 2.38. The molecule has 1 aliphatic carbocycles. The number of rotatable bonds is 0. The minimum atomic E-state index is -0.0417. The second kappa shape index (κ2) is 1.45. The van der Waals surface area contributed by atoms with Crippen molar-refractivity contribution in [3.05, 3.63) is 0 Å². The van der Waals surface area contributed by atoms with Gasteiger partial charge in [0, 0.05) is 12.6 Å². The van der Waals surface area contributed by atoms with Gasteiger partial charge in [-0.3, -0.25) is 0 Å². The van der Waals surface area contributed by atoms with E-state index < -0.39 is 0 Å². The summed E-state index contributed by atoms with van der Waals surface area (Å²) in [4.78, 5) is 0. The quantitative estimate of drug-likeness (QED) is 0.453. The van der Waals surface area contributed by atoms with Crippen molar-refractivity contribution in [1.82, 2.24) is 5.32 Å². The maximum atomic E-state index is 9.15. The van der Waals surface area contributed by atoms with Crippen LogP contribution in [0.15, 0.2) is 0 Å². The van der Waals surface area contributed by atoms with Crippen LogP contribution < -0.4 is 5.32 Å². The van der Waals surface area contributed by atoms with Gasteiger partial charge in [-0.15, -0.1) is 0 Å². The molecule has 2 heterocycles. The van der Waals surface area contributed by atoms with Gasteiger partial charge in [-0.05, 0) is 18.8 Å². The summed E-state index contributed by atoms with van der Waals surface area (Å²) in [5.41, 5.74) is 0. The zero-order valence-electron chi connectivity index (χ0n) is 4.80. The van der Waals surface area contributed by atoms with Gasteiger partial charge in [-0.2, -0.15) is 0 Å². The molecule has 0 aromatic rings. The molecule has 1 atom stereocenters. The predicted octanol–water partition coefficient (Wildman–Crippen LogP) is -0.271.